The van der Waals surface area contributed by atoms with Crippen molar-refractivity contribution in [3.63, 3.8) is 0 Å². The molecule has 1 atom stereocenters. The number of hydrogen-bond acceptors (Lipinski definition) is 3. The van der Waals surface area contributed by atoms with Crippen LogP contribution >= 0.6 is 15.9 Å². The van der Waals surface area contributed by atoms with Gasteiger partial charge in [0.25, 0.3) is 0 Å². The smallest absolute Gasteiger partial charge is 0.231 e. The molecule has 4 heteroatoms. The predicted octanol–water partition coefficient (Wildman–Crippen LogP) is 3.22. The molecule has 0 aromatic heterocycles. The van der Waals surface area contributed by atoms with E-state index < -0.39 is 0 Å². The second kappa shape index (κ2) is 3.93. The normalized spacial score (nSPS) is 16.3. The summed E-state index contributed by atoms with van der Waals surface area (Å²) in [4.78, 5) is 0. The summed E-state index contributed by atoms with van der Waals surface area (Å²) in [6.45, 7) is 6.65. The van der Waals surface area contributed by atoms with Crippen molar-refractivity contribution >= 4 is 15.9 Å². The molecule has 1 aliphatic rings. The van der Waals surface area contributed by atoms with Crippen LogP contribution in [-0.2, 0) is 0 Å². The van der Waals surface area contributed by atoms with E-state index in [1.807, 2.05) is 12.1 Å². The number of rotatable bonds is 1. The maximum atomic E-state index is 6.24. The van der Waals surface area contributed by atoms with Gasteiger partial charge >= 0.3 is 0 Å². The van der Waals surface area contributed by atoms with Crippen LogP contribution in [0.25, 0.3) is 0 Å². The van der Waals surface area contributed by atoms with Crippen molar-refractivity contribution in [2.75, 3.05) is 6.79 Å². The Morgan fingerprint density at radius 3 is 2.38 bits per heavy atom. The lowest BCUT2D eigenvalue weighted by molar-refractivity contribution is 0.174. The fraction of sp³-hybridized carbons (Fsp3) is 0.500. The molecule has 1 aromatic carbocycles. The minimum atomic E-state index is -0.0450. The van der Waals surface area contributed by atoms with E-state index in [9.17, 15) is 0 Å². The lowest BCUT2D eigenvalue weighted by Gasteiger charge is -2.28. The van der Waals surface area contributed by atoms with Crippen LogP contribution in [0.5, 0.6) is 11.5 Å². The first-order valence-electron chi connectivity index (χ1n) is 5.24. The zero-order valence-electron chi connectivity index (χ0n) is 9.71. The molecule has 2 N–H and O–H groups in total. The topological polar surface area (TPSA) is 44.5 Å². The van der Waals surface area contributed by atoms with E-state index in [0.717, 1.165) is 21.5 Å². The first-order valence-corrected chi connectivity index (χ1v) is 6.03. The number of benzene rings is 1. The molecule has 0 spiro atoms. The Balaban J connectivity index is 2.42. The highest BCUT2D eigenvalue weighted by molar-refractivity contribution is 9.10. The van der Waals surface area contributed by atoms with Gasteiger partial charge in [0.05, 0.1) is 0 Å². The number of hydrogen-bond donors (Lipinski definition) is 1. The molecule has 2 rings (SSSR count). The van der Waals surface area contributed by atoms with Crippen molar-refractivity contribution in [3.8, 4) is 11.5 Å². The fourth-order valence-electron chi connectivity index (χ4n) is 1.64. The Bertz CT molecular complexity index is 412. The van der Waals surface area contributed by atoms with E-state index in [1.54, 1.807) is 0 Å². The van der Waals surface area contributed by atoms with Gasteiger partial charge in [0.1, 0.15) is 0 Å². The van der Waals surface area contributed by atoms with Crippen LogP contribution in [0.1, 0.15) is 32.4 Å². The number of ether oxygens (including phenoxy) is 2. The molecule has 0 bridgehead atoms. The van der Waals surface area contributed by atoms with Crippen LogP contribution in [0.4, 0.5) is 0 Å². The van der Waals surface area contributed by atoms with Crippen molar-refractivity contribution in [2.24, 2.45) is 11.1 Å². The van der Waals surface area contributed by atoms with E-state index in [2.05, 4.69) is 36.7 Å². The summed E-state index contributed by atoms with van der Waals surface area (Å²) in [6.07, 6.45) is 0. The van der Waals surface area contributed by atoms with Gasteiger partial charge in [0.15, 0.2) is 11.5 Å². The summed E-state index contributed by atoms with van der Waals surface area (Å²) >= 11 is 3.53. The summed E-state index contributed by atoms with van der Waals surface area (Å²) in [6, 6.07) is 3.84. The first kappa shape index (κ1) is 11.7. The molecule has 3 nitrogen and oxygen atoms in total. The van der Waals surface area contributed by atoms with E-state index >= 15 is 0 Å². The van der Waals surface area contributed by atoms with Gasteiger partial charge in [0.2, 0.25) is 6.79 Å². The third-order valence-corrected chi connectivity index (χ3v) is 3.45. The molecule has 88 valence electrons. The predicted molar refractivity (Wildman–Crippen MR) is 66.6 cm³/mol. The van der Waals surface area contributed by atoms with E-state index in [4.69, 9.17) is 15.2 Å². The molecule has 0 fully saturated rings. The average Bonchev–Trinajstić information content (AvgIpc) is 2.60. The Morgan fingerprint density at radius 2 is 1.81 bits per heavy atom. The van der Waals surface area contributed by atoms with Gasteiger partial charge in [-0.05, 0) is 23.1 Å². The zero-order valence-corrected chi connectivity index (χ0v) is 11.3. The van der Waals surface area contributed by atoms with Crippen molar-refractivity contribution in [1.82, 2.24) is 0 Å². The standard InChI is InChI=1S/C12H16BrNO2/c1-12(2,3)11(14)7-4-9-10(5-8(7)13)16-6-15-9/h4-5,11H,6,14H2,1-3H3/t11-/m1/s1. The summed E-state index contributed by atoms with van der Waals surface area (Å²) in [5.74, 6) is 1.55. The van der Waals surface area contributed by atoms with Crippen LogP contribution in [0.3, 0.4) is 0 Å². The van der Waals surface area contributed by atoms with Gasteiger partial charge in [-0.1, -0.05) is 36.7 Å². The Hall–Kier alpha value is -0.740. The Kier molecular flexibility index (Phi) is 2.88. The lowest BCUT2D eigenvalue weighted by Crippen LogP contribution is -2.26. The second-order valence-corrected chi connectivity index (χ2v) is 5.93. The van der Waals surface area contributed by atoms with Crippen molar-refractivity contribution in [2.45, 2.75) is 26.8 Å². The van der Waals surface area contributed by atoms with Gasteiger partial charge in [-0.2, -0.15) is 0 Å². The molecule has 1 aliphatic heterocycles. The fourth-order valence-corrected chi connectivity index (χ4v) is 2.21. The second-order valence-electron chi connectivity index (χ2n) is 5.07. The van der Waals surface area contributed by atoms with Crippen LogP contribution in [0, 0.1) is 5.41 Å². The highest BCUT2D eigenvalue weighted by Gasteiger charge is 2.26. The highest BCUT2D eigenvalue weighted by Crippen LogP contribution is 2.42. The molecule has 0 amide bonds. The number of fused-ring (bicyclic) bond motifs is 1. The molecule has 0 unspecified atom stereocenters. The van der Waals surface area contributed by atoms with Gasteiger partial charge in [0, 0.05) is 10.5 Å². The van der Waals surface area contributed by atoms with E-state index in [1.165, 1.54) is 0 Å². The molecular weight excluding hydrogens is 270 g/mol. The monoisotopic (exact) mass is 285 g/mol. The van der Waals surface area contributed by atoms with Gasteiger partial charge in [-0.15, -0.1) is 0 Å². The summed E-state index contributed by atoms with van der Waals surface area (Å²) in [7, 11) is 0. The minimum Gasteiger partial charge on any atom is -0.454 e. The Labute approximate surface area is 104 Å². The molecule has 1 heterocycles. The van der Waals surface area contributed by atoms with Crippen molar-refractivity contribution in [1.29, 1.82) is 0 Å². The minimum absolute atomic E-state index is 0.0101. The summed E-state index contributed by atoms with van der Waals surface area (Å²) in [5.41, 5.74) is 7.30. The van der Waals surface area contributed by atoms with Gasteiger partial charge in [-0.3, -0.25) is 0 Å². The van der Waals surface area contributed by atoms with Crippen molar-refractivity contribution < 1.29 is 9.47 Å². The third-order valence-electron chi connectivity index (χ3n) is 2.76. The quantitative estimate of drug-likeness (QED) is 0.862. The molecular formula is C12H16BrNO2. The van der Waals surface area contributed by atoms with Gasteiger partial charge in [-0.25, -0.2) is 0 Å². The van der Waals surface area contributed by atoms with Crippen LogP contribution in [0.15, 0.2) is 16.6 Å². The summed E-state index contributed by atoms with van der Waals surface area (Å²) in [5, 5.41) is 0. The molecule has 0 aliphatic carbocycles. The molecule has 1 aromatic rings. The largest absolute Gasteiger partial charge is 0.454 e. The van der Waals surface area contributed by atoms with Crippen LogP contribution < -0.4 is 15.2 Å². The molecule has 0 saturated carbocycles. The average molecular weight is 286 g/mol. The lowest BCUT2D eigenvalue weighted by atomic mass is 9.83. The maximum absolute atomic E-state index is 6.24. The molecule has 0 saturated heterocycles. The van der Waals surface area contributed by atoms with E-state index in [0.29, 0.717) is 0 Å². The third kappa shape index (κ3) is 2.04. The number of halogens is 1. The van der Waals surface area contributed by atoms with E-state index in [-0.39, 0.29) is 18.2 Å². The van der Waals surface area contributed by atoms with Crippen molar-refractivity contribution in [3.05, 3.63) is 22.2 Å². The zero-order chi connectivity index (χ0) is 11.9. The molecule has 16 heavy (non-hydrogen) atoms. The first-order chi connectivity index (χ1) is 7.39. The van der Waals surface area contributed by atoms with Crippen LogP contribution in [-0.4, -0.2) is 6.79 Å². The molecule has 0 radical (unpaired) electrons. The summed E-state index contributed by atoms with van der Waals surface area (Å²) < 4.78 is 11.6. The van der Waals surface area contributed by atoms with Crippen LogP contribution in [0.2, 0.25) is 0 Å². The maximum Gasteiger partial charge on any atom is 0.231 e. The Morgan fingerprint density at radius 1 is 1.25 bits per heavy atom. The SMILES string of the molecule is CC(C)(C)[C@H](N)c1cc2c(cc1Br)OCO2. The number of nitrogens with two attached hydrogens (primary N) is 1. The highest BCUT2D eigenvalue weighted by atomic mass is 79.9. The van der Waals surface area contributed by atoms with Gasteiger partial charge < -0.3 is 15.2 Å².